The Morgan fingerprint density at radius 3 is 1.74 bits per heavy atom. The van der Waals surface area contributed by atoms with Crippen LogP contribution in [-0.4, -0.2) is 139 Å². The summed E-state index contributed by atoms with van der Waals surface area (Å²) in [6.07, 6.45) is -2.14. The first-order chi connectivity index (χ1) is 24.7. The Morgan fingerprint density at radius 1 is 0.717 bits per heavy atom. The normalized spacial score (nSPS) is 16.1. The molecule has 0 aliphatic carbocycles. The van der Waals surface area contributed by atoms with E-state index < -0.39 is 127 Å². The second-order valence-corrected chi connectivity index (χ2v) is 12.2. The lowest BCUT2D eigenvalue weighted by Crippen LogP contribution is -2.62. The molecule has 15 N–H and O–H groups in total. The lowest BCUT2D eigenvalue weighted by molar-refractivity contribution is -0.142. The number of hydrogen-bond donors (Lipinski definition) is 13. The summed E-state index contributed by atoms with van der Waals surface area (Å²) in [6.45, 7) is 4.83. The Bertz CT molecular complexity index is 1470. The van der Waals surface area contributed by atoms with Crippen molar-refractivity contribution < 1.29 is 63.6 Å². The molecule has 1 rings (SSSR count). The summed E-state index contributed by atoms with van der Waals surface area (Å²) in [7, 11) is 0. The molecular formula is C30H48N10O13. The third-order valence-corrected chi connectivity index (χ3v) is 7.75. The van der Waals surface area contributed by atoms with E-state index in [0.29, 0.717) is 12.1 Å². The predicted octanol–water partition coefficient (Wildman–Crippen LogP) is -5.94. The van der Waals surface area contributed by atoms with Gasteiger partial charge in [0.2, 0.25) is 41.4 Å². The summed E-state index contributed by atoms with van der Waals surface area (Å²) in [5, 5.41) is 51.6. The standard InChI is InChI=1S/C30H48N10O13/c1-5-12(2)23(39-28(51)22(32)13(3)41)29(52)37-16(6-15-9-33-11-35-15)27(50)40-24(14(4)42)30(53)38-18(8-20(44)45)26(49)36-17(7-19(31)43)25(48)34-10-21(46)47/h9,11-14,16-18,22-24,41-42H,5-8,10,32H2,1-4H3,(H2,31,43)(H,33,35)(H,34,48)(H,36,49)(H,37,52)(H,38,53)(H,39,51)(H,40,50)(H,44,45)(H,46,47). The van der Waals surface area contributed by atoms with Crippen LogP contribution in [-0.2, 0) is 49.6 Å². The number of carbonyl (C=O) groups is 9. The van der Waals surface area contributed by atoms with Gasteiger partial charge >= 0.3 is 11.9 Å². The largest absolute Gasteiger partial charge is 0.481 e. The number of rotatable bonds is 23. The first kappa shape index (κ1) is 45.3. The van der Waals surface area contributed by atoms with Gasteiger partial charge in [0.1, 0.15) is 42.8 Å². The molecule has 9 atom stereocenters. The van der Waals surface area contributed by atoms with Crippen molar-refractivity contribution >= 4 is 53.3 Å². The minimum absolute atomic E-state index is 0.255. The van der Waals surface area contributed by atoms with Gasteiger partial charge in [-0.05, 0) is 19.8 Å². The monoisotopic (exact) mass is 756 g/mol. The number of imidazole rings is 1. The van der Waals surface area contributed by atoms with Crippen molar-refractivity contribution in [3.8, 4) is 0 Å². The maximum absolute atomic E-state index is 13.6. The number of primary amides is 1. The zero-order chi connectivity index (χ0) is 40.6. The highest BCUT2D eigenvalue weighted by Crippen LogP contribution is 2.11. The molecule has 0 aliphatic rings. The number of nitrogens with one attached hydrogen (secondary N) is 7. The highest BCUT2D eigenvalue weighted by atomic mass is 16.4. The maximum atomic E-state index is 13.6. The van der Waals surface area contributed by atoms with Gasteiger partial charge < -0.3 is 68.8 Å². The highest BCUT2D eigenvalue weighted by molar-refractivity contribution is 5.98. The van der Waals surface area contributed by atoms with E-state index in [4.69, 9.17) is 16.6 Å². The number of aliphatic hydroxyl groups is 2. The van der Waals surface area contributed by atoms with Gasteiger partial charge in [-0.15, -0.1) is 0 Å². The van der Waals surface area contributed by atoms with Crippen LogP contribution in [0.4, 0.5) is 0 Å². The molecule has 23 heteroatoms. The molecule has 0 bridgehead atoms. The van der Waals surface area contributed by atoms with Crippen molar-refractivity contribution in [1.82, 2.24) is 41.9 Å². The van der Waals surface area contributed by atoms with Gasteiger partial charge in [-0.3, -0.25) is 43.2 Å². The molecule has 0 spiro atoms. The number of aromatic amines is 1. The van der Waals surface area contributed by atoms with Crippen LogP contribution in [0.3, 0.4) is 0 Å². The lowest BCUT2D eigenvalue weighted by Gasteiger charge is -2.29. The number of nitrogens with two attached hydrogens (primary N) is 2. The van der Waals surface area contributed by atoms with Crippen molar-refractivity contribution in [2.75, 3.05) is 6.54 Å². The lowest BCUT2D eigenvalue weighted by atomic mass is 9.96. The summed E-state index contributed by atoms with van der Waals surface area (Å²) >= 11 is 0. The number of aliphatic hydroxyl groups excluding tert-OH is 2. The number of H-pyrrole nitrogens is 1. The Balaban J connectivity index is 3.33. The molecule has 0 radical (unpaired) electrons. The van der Waals surface area contributed by atoms with Gasteiger partial charge in [0.25, 0.3) is 0 Å². The molecule has 1 heterocycles. The van der Waals surface area contributed by atoms with Crippen molar-refractivity contribution in [2.45, 2.75) is 102 Å². The molecule has 0 saturated heterocycles. The zero-order valence-corrected chi connectivity index (χ0v) is 29.5. The van der Waals surface area contributed by atoms with Gasteiger partial charge in [-0.1, -0.05) is 20.3 Å². The van der Waals surface area contributed by atoms with Gasteiger partial charge in [0.05, 0.1) is 31.4 Å². The van der Waals surface area contributed by atoms with E-state index in [2.05, 4.69) is 31.2 Å². The molecule has 0 saturated carbocycles. The molecule has 9 unspecified atom stereocenters. The number of nitrogens with zero attached hydrogens (tertiary/aromatic N) is 1. The predicted molar refractivity (Wildman–Crippen MR) is 179 cm³/mol. The van der Waals surface area contributed by atoms with E-state index in [1.165, 1.54) is 19.4 Å². The number of carbonyl (C=O) groups excluding carboxylic acids is 7. The van der Waals surface area contributed by atoms with Crippen molar-refractivity contribution in [3.63, 3.8) is 0 Å². The van der Waals surface area contributed by atoms with Gasteiger partial charge in [0.15, 0.2) is 0 Å². The molecular weight excluding hydrogens is 708 g/mol. The van der Waals surface area contributed by atoms with Crippen LogP contribution < -0.4 is 43.4 Å². The number of aliphatic carboxylic acids is 2. The second-order valence-electron chi connectivity index (χ2n) is 12.2. The van der Waals surface area contributed by atoms with Crippen LogP contribution >= 0.6 is 0 Å². The molecule has 0 aromatic carbocycles. The fourth-order valence-corrected chi connectivity index (χ4v) is 4.53. The molecule has 1 aromatic heterocycles. The Morgan fingerprint density at radius 2 is 1.25 bits per heavy atom. The summed E-state index contributed by atoms with van der Waals surface area (Å²) in [6, 6.07) is -9.76. The van der Waals surface area contributed by atoms with Crippen LogP contribution in [0.25, 0.3) is 0 Å². The third-order valence-electron chi connectivity index (χ3n) is 7.75. The quantitative estimate of drug-likeness (QED) is 0.0494. The zero-order valence-electron chi connectivity index (χ0n) is 29.5. The smallest absolute Gasteiger partial charge is 0.322 e. The van der Waals surface area contributed by atoms with Crippen LogP contribution in [0.1, 0.15) is 52.7 Å². The average Bonchev–Trinajstić information content (AvgIpc) is 3.58. The van der Waals surface area contributed by atoms with Crippen molar-refractivity contribution in [2.24, 2.45) is 17.4 Å². The van der Waals surface area contributed by atoms with Gasteiger partial charge in [-0.25, -0.2) is 4.98 Å². The number of hydrogen-bond acceptors (Lipinski definition) is 13. The molecule has 23 nitrogen and oxygen atoms in total. The van der Waals surface area contributed by atoms with E-state index >= 15 is 0 Å². The van der Waals surface area contributed by atoms with E-state index in [1.807, 2.05) is 10.6 Å². The second kappa shape index (κ2) is 21.6. The molecule has 1 aromatic rings. The summed E-state index contributed by atoms with van der Waals surface area (Å²) in [4.78, 5) is 119. The van der Waals surface area contributed by atoms with E-state index in [9.17, 15) is 58.5 Å². The minimum Gasteiger partial charge on any atom is -0.481 e. The number of amides is 7. The number of carboxylic acids is 2. The topological polar surface area (TPSA) is 387 Å². The van der Waals surface area contributed by atoms with Crippen LogP contribution in [0.5, 0.6) is 0 Å². The Hall–Kier alpha value is -5.68. The molecule has 0 fully saturated rings. The van der Waals surface area contributed by atoms with Crippen LogP contribution in [0.15, 0.2) is 12.5 Å². The maximum Gasteiger partial charge on any atom is 0.322 e. The Kier molecular flexibility index (Phi) is 18.5. The highest BCUT2D eigenvalue weighted by Gasteiger charge is 2.36. The van der Waals surface area contributed by atoms with Crippen molar-refractivity contribution in [1.29, 1.82) is 0 Å². The van der Waals surface area contributed by atoms with Crippen molar-refractivity contribution in [3.05, 3.63) is 18.2 Å². The molecule has 296 valence electrons. The fourth-order valence-electron chi connectivity index (χ4n) is 4.53. The number of aromatic nitrogens is 2. The first-order valence-corrected chi connectivity index (χ1v) is 16.3. The number of carboxylic acid groups (broad SMARTS) is 2. The summed E-state index contributed by atoms with van der Waals surface area (Å²) in [5.41, 5.74) is 11.2. The minimum atomic E-state index is -1.98. The molecule has 53 heavy (non-hydrogen) atoms. The van der Waals surface area contributed by atoms with Gasteiger partial charge in [0, 0.05) is 18.3 Å². The summed E-state index contributed by atoms with van der Waals surface area (Å²) < 4.78 is 0. The average molecular weight is 757 g/mol. The Labute approximate surface area is 302 Å². The van der Waals surface area contributed by atoms with Crippen LogP contribution in [0, 0.1) is 5.92 Å². The third kappa shape index (κ3) is 15.6. The molecule has 7 amide bonds. The van der Waals surface area contributed by atoms with E-state index in [-0.39, 0.29) is 6.42 Å². The van der Waals surface area contributed by atoms with E-state index in [1.54, 1.807) is 13.8 Å². The first-order valence-electron chi connectivity index (χ1n) is 16.3. The van der Waals surface area contributed by atoms with Crippen LogP contribution in [0.2, 0.25) is 0 Å². The van der Waals surface area contributed by atoms with E-state index in [0.717, 1.165) is 6.92 Å². The van der Waals surface area contributed by atoms with Gasteiger partial charge in [-0.2, -0.15) is 0 Å². The fraction of sp³-hybridized carbons (Fsp3) is 0.600. The SMILES string of the molecule is CCC(C)C(NC(=O)C(N)C(C)O)C(=O)NC(Cc1cnc[nH]1)C(=O)NC(C(=O)NC(CC(=O)O)C(=O)NC(CC(N)=O)C(=O)NCC(=O)O)C(C)O. The molecule has 0 aliphatic heterocycles. The summed E-state index contributed by atoms with van der Waals surface area (Å²) in [5.74, 6) is -11.2.